The number of anilines is 1. The normalized spacial score (nSPS) is 13.6. The van der Waals surface area contributed by atoms with Crippen LogP contribution in [0.4, 0.5) is 19.3 Å². The number of urea groups is 1. The van der Waals surface area contributed by atoms with E-state index in [0.29, 0.717) is 13.0 Å². The molecule has 2 aromatic carbocycles. The molecule has 0 radical (unpaired) electrons. The van der Waals surface area contributed by atoms with Gasteiger partial charge in [-0.25, -0.2) is 13.6 Å². The number of amides is 2. The first-order valence-corrected chi connectivity index (χ1v) is 7.93. The van der Waals surface area contributed by atoms with Crippen LogP contribution < -0.4 is 5.32 Å². The highest BCUT2D eigenvalue weighted by molar-refractivity contribution is 5.92. The van der Waals surface area contributed by atoms with E-state index in [-0.39, 0.29) is 0 Å². The van der Waals surface area contributed by atoms with Crippen molar-refractivity contribution in [3.63, 3.8) is 0 Å². The average molecular weight is 339 g/mol. The van der Waals surface area contributed by atoms with Gasteiger partial charge in [-0.05, 0) is 36.3 Å². The van der Waals surface area contributed by atoms with Crippen molar-refractivity contribution in [3.8, 4) is 0 Å². The maximum Gasteiger partial charge on any atom is 0.326 e. The van der Waals surface area contributed by atoms with Crippen molar-refractivity contribution >= 4 is 28.7 Å². The Labute approximate surface area is 142 Å². The fourth-order valence-corrected chi connectivity index (χ4v) is 3.07. The molecule has 0 saturated heterocycles. The second-order valence-corrected chi connectivity index (χ2v) is 5.85. The number of hydrogen-bond donors (Lipinski definition) is 2. The number of halogens is 2. The van der Waals surface area contributed by atoms with Crippen molar-refractivity contribution in [1.29, 1.82) is 0 Å². The maximum atomic E-state index is 13.7. The highest BCUT2D eigenvalue weighted by atomic mass is 19.1. The molecule has 0 fully saturated rings. The molecule has 0 bridgehead atoms. The molecule has 0 aliphatic carbocycles. The van der Waals surface area contributed by atoms with Gasteiger partial charge < -0.3 is 15.2 Å². The molecule has 3 aromatic rings. The Bertz CT molecular complexity index is 973. The van der Waals surface area contributed by atoms with Gasteiger partial charge in [0.1, 0.15) is 17.3 Å². The smallest absolute Gasteiger partial charge is 0.326 e. The maximum absolute atomic E-state index is 13.7. The second kappa shape index (κ2) is 6.05. The largest absolute Gasteiger partial charge is 0.355 e. The van der Waals surface area contributed by atoms with Gasteiger partial charge in [0.2, 0.25) is 0 Å². The molecule has 2 N–H and O–H groups in total. The zero-order chi connectivity index (χ0) is 17.4. The minimum absolute atomic E-state index is 0.410. The van der Waals surface area contributed by atoms with Crippen LogP contribution in [0.5, 0.6) is 0 Å². The standard InChI is InChI=1S/C19H15F2N3O/c20-14-5-3-6-15(21)18(14)23-19(25)24-10-8-13-12-4-1-2-7-16(12)22-17(13)9-11-24/h1-7,9,11,22H,8,10H2,(H,23,25). The Morgan fingerprint density at radius 1 is 1.08 bits per heavy atom. The van der Waals surface area contributed by atoms with E-state index in [1.165, 1.54) is 11.0 Å². The Morgan fingerprint density at radius 2 is 1.84 bits per heavy atom. The highest BCUT2D eigenvalue weighted by Gasteiger charge is 2.20. The average Bonchev–Trinajstić information content (AvgIpc) is 2.82. The second-order valence-electron chi connectivity index (χ2n) is 5.85. The molecular weight excluding hydrogens is 324 g/mol. The lowest BCUT2D eigenvalue weighted by atomic mass is 10.1. The van der Waals surface area contributed by atoms with Gasteiger partial charge in [0.05, 0.1) is 0 Å². The molecule has 0 spiro atoms. The van der Waals surface area contributed by atoms with Crippen molar-refractivity contribution in [2.24, 2.45) is 0 Å². The van der Waals surface area contributed by atoms with Gasteiger partial charge >= 0.3 is 6.03 Å². The van der Waals surface area contributed by atoms with Gasteiger partial charge in [0, 0.05) is 29.3 Å². The van der Waals surface area contributed by atoms with Crippen molar-refractivity contribution in [2.45, 2.75) is 6.42 Å². The van der Waals surface area contributed by atoms with Gasteiger partial charge in [0.15, 0.2) is 0 Å². The molecule has 2 amide bonds. The summed E-state index contributed by atoms with van der Waals surface area (Å²) >= 11 is 0. The summed E-state index contributed by atoms with van der Waals surface area (Å²) in [7, 11) is 0. The molecule has 0 atom stereocenters. The highest BCUT2D eigenvalue weighted by Crippen LogP contribution is 2.26. The lowest BCUT2D eigenvalue weighted by molar-refractivity contribution is 0.229. The quantitative estimate of drug-likeness (QED) is 0.673. The number of hydrogen-bond acceptors (Lipinski definition) is 1. The predicted molar refractivity (Wildman–Crippen MR) is 93.1 cm³/mol. The van der Waals surface area contributed by atoms with Gasteiger partial charge in [-0.3, -0.25) is 0 Å². The van der Waals surface area contributed by atoms with Gasteiger partial charge in [-0.15, -0.1) is 0 Å². The minimum Gasteiger partial charge on any atom is -0.355 e. The van der Waals surface area contributed by atoms with Crippen molar-refractivity contribution < 1.29 is 13.6 Å². The predicted octanol–water partition coefficient (Wildman–Crippen LogP) is 4.51. The molecule has 6 heteroatoms. The number of nitrogens with zero attached hydrogens (tertiary/aromatic N) is 1. The summed E-state index contributed by atoms with van der Waals surface area (Å²) in [6.07, 6.45) is 4.06. The van der Waals surface area contributed by atoms with Crippen LogP contribution in [0, 0.1) is 11.6 Å². The van der Waals surface area contributed by atoms with E-state index in [9.17, 15) is 13.6 Å². The number of aromatic amines is 1. The fourth-order valence-electron chi connectivity index (χ4n) is 3.07. The molecule has 25 heavy (non-hydrogen) atoms. The number of H-pyrrole nitrogens is 1. The van der Waals surface area contributed by atoms with Crippen molar-refractivity contribution in [2.75, 3.05) is 11.9 Å². The number of rotatable bonds is 1. The SMILES string of the molecule is O=C(Nc1c(F)cccc1F)N1C=Cc2[nH]c3ccccc3c2CC1. The molecule has 2 heterocycles. The molecular formula is C19H15F2N3O. The van der Waals surface area contributed by atoms with Crippen molar-refractivity contribution in [1.82, 2.24) is 9.88 Å². The molecule has 0 saturated carbocycles. The van der Waals surface area contributed by atoms with E-state index in [1.807, 2.05) is 24.3 Å². The fraction of sp³-hybridized carbons (Fsp3) is 0.105. The van der Waals surface area contributed by atoms with E-state index in [0.717, 1.165) is 34.3 Å². The first kappa shape index (κ1) is 15.4. The van der Waals surface area contributed by atoms with Crippen LogP contribution in [-0.2, 0) is 6.42 Å². The number of aromatic nitrogens is 1. The third-order valence-electron chi connectivity index (χ3n) is 4.33. The summed E-state index contributed by atoms with van der Waals surface area (Å²) in [4.78, 5) is 17.1. The summed E-state index contributed by atoms with van der Waals surface area (Å²) in [5.41, 5.74) is 2.67. The van der Waals surface area contributed by atoms with E-state index < -0.39 is 23.4 Å². The molecule has 4 rings (SSSR count). The lowest BCUT2D eigenvalue weighted by Crippen LogP contribution is -2.32. The van der Waals surface area contributed by atoms with Crippen LogP contribution in [0.3, 0.4) is 0 Å². The van der Waals surface area contributed by atoms with Crippen LogP contribution in [0.2, 0.25) is 0 Å². The van der Waals surface area contributed by atoms with E-state index in [2.05, 4.69) is 10.3 Å². The van der Waals surface area contributed by atoms with Gasteiger partial charge in [-0.1, -0.05) is 24.3 Å². The summed E-state index contributed by atoms with van der Waals surface area (Å²) in [5.74, 6) is -1.60. The van der Waals surface area contributed by atoms with Crippen LogP contribution in [0.25, 0.3) is 17.0 Å². The zero-order valence-corrected chi connectivity index (χ0v) is 13.2. The van der Waals surface area contributed by atoms with Gasteiger partial charge in [0.25, 0.3) is 0 Å². The Kier molecular flexibility index (Phi) is 3.72. The number of carbonyl (C=O) groups is 1. The summed E-state index contributed by atoms with van der Waals surface area (Å²) in [5, 5.41) is 3.42. The molecule has 0 unspecified atom stereocenters. The number of benzene rings is 2. The van der Waals surface area contributed by atoms with Crippen LogP contribution in [-0.4, -0.2) is 22.5 Å². The number of nitrogens with one attached hydrogen (secondary N) is 2. The number of fused-ring (bicyclic) bond motifs is 3. The Morgan fingerprint density at radius 3 is 2.64 bits per heavy atom. The number of carbonyl (C=O) groups excluding carboxylic acids is 1. The van der Waals surface area contributed by atoms with Gasteiger partial charge in [-0.2, -0.15) is 0 Å². The third-order valence-corrected chi connectivity index (χ3v) is 4.33. The summed E-state index contributed by atoms with van der Waals surface area (Å²) < 4.78 is 27.4. The molecule has 126 valence electrons. The van der Waals surface area contributed by atoms with Crippen molar-refractivity contribution in [3.05, 3.63) is 71.6 Å². The molecule has 1 aliphatic rings. The van der Waals surface area contributed by atoms with Crippen LogP contribution in [0.1, 0.15) is 11.3 Å². The monoisotopic (exact) mass is 339 g/mol. The molecule has 4 nitrogen and oxygen atoms in total. The lowest BCUT2D eigenvalue weighted by Gasteiger charge is -2.18. The minimum atomic E-state index is -0.802. The third kappa shape index (κ3) is 2.76. The number of para-hydroxylation sites is 2. The van der Waals surface area contributed by atoms with Crippen LogP contribution in [0.15, 0.2) is 48.7 Å². The Balaban J connectivity index is 1.58. The first-order valence-electron chi connectivity index (χ1n) is 7.93. The summed E-state index contributed by atoms with van der Waals surface area (Å²) in [6, 6.07) is 10.9. The Hall–Kier alpha value is -3.15. The van der Waals surface area contributed by atoms with E-state index in [4.69, 9.17) is 0 Å². The summed E-state index contributed by atoms with van der Waals surface area (Å²) in [6.45, 7) is 0.410. The molecule has 1 aliphatic heterocycles. The first-order chi connectivity index (χ1) is 12.1. The van der Waals surface area contributed by atoms with E-state index >= 15 is 0 Å². The van der Waals surface area contributed by atoms with Crippen LogP contribution >= 0.6 is 0 Å². The topological polar surface area (TPSA) is 48.1 Å². The van der Waals surface area contributed by atoms with E-state index in [1.54, 1.807) is 12.3 Å². The zero-order valence-electron chi connectivity index (χ0n) is 13.2. The molecule has 1 aromatic heterocycles.